The van der Waals surface area contributed by atoms with Gasteiger partial charge in [-0.3, -0.25) is 4.84 Å². The van der Waals surface area contributed by atoms with Crippen molar-refractivity contribution in [1.29, 1.82) is 0 Å². The summed E-state index contributed by atoms with van der Waals surface area (Å²) in [6.07, 6.45) is 6.75. The molecule has 0 N–H and O–H groups in total. The summed E-state index contributed by atoms with van der Waals surface area (Å²) in [7, 11) is 0. The van der Waals surface area contributed by atoms with Gasteiger partial charge >= 0.3 is 6.09 Å². The quantitative estimate of drug-likeness (QED) is 0.595. The first kappa shape index (κ1) is 11.5. The van der Waals surface area contributed by atoms with E-state index in [1.165, 1.54) is 5.06 Å². The van der Waals surface area contributed by atoms with E-state index in [1.54, 1.807) is 0 Å². The molecule has 2 heterocycles. The Labute approximate surface area is 96.2 Å². The second kappa shape index (κ2) is 4.09. The first-order valence-electron chi connectivity index (χ1n) is 5.83. The zero-order valence-corrected chi connectivity index (χ0v) is 10.1. The molecule has 90 valence electrons. The molecular formula is C12H19NO3. The second-order valence-corrected chi connectivity index (χ2v) is 5.33. The Hall–Kier alpha value is -1.03. The Balaban J connectivity index is 2.05. The van der Waals surface area contributed by atoms with Gasteiger partial charge in [-0.2, -0.15) is 5.06 Å². The number of hydrogen-bond donors (Lipinski definition) is 0. The maximum absolute atomic E-state index is 11.9. The molecule has 16 heavy (non-hydrogen) atoms. The Kier molecular flexibility index (Phi) is 2.93. The number of carbonyl (C=O) groups is 1. The van der Waals surface area contributed by atoms with Crippen LogP contribution in [0.15, 0.2) is 12.2 Å². The van der Waals surface area contributed by atoms with Crippen LogP contribution in [0.2, 0.25) is 0 Å². The molecule has 0 unspecified atom stereocenters. The van der Waals surface area contributed by atoms with Gasteiger partial charge in [0.25, 0.3) is 0 Å². The molecule has 2 atom stereocenters. The predicted octanol–water partition coefficient (Wildman–Crippen LogP) is 2.65. The molecule has 1 amide bonds. The van der Waals surface area contributed by atoms with Gasteiger partial charge in [0.15, 0.2) is 0 Å². The van der Waals surface area contributed by atoms with E-state index in [0.717, 1.165) is 19.3 Å². The molecule has 0 spiro atoms. The Morgan fingerprint density at radius 1 is 1.38 bits per heavy atom. The van der Waals surface area contributed by atoms with Crippen molar-refractivity contribution in [3.8, 4) is 0 Å². The minimum absolute atomic E-state index is 0.0336. The molecule has 0 saturated carbocycles. The lowest BCUT2D eigenvalue weighted by Crippen LogP contribution is -2.45. The number of carbonyl (C=O) groups excluding carboxylic acids is 1. The van der Waals surface area contributed by atoms with Crippen LogP contribution in [0.3, 0.4) is 0 Å². The molecule has 1 fully saturated rings. The second-order valence-electron chi connectivity index (χ2n) is 5.33. The van der Waals surface area contributed by atoms with Crippen LogP contribution in [0.4, 0.5) is 4.79 Å². The molecule has 3 aliphatic rings. The normalized spacial score (nSPS) is 29.1. The molecular weight excluding hydrogens is 206 g/mol. The van der Waals surface area contributed by atoms with Gasteiger partial charge in [0.05, 0.1) is 6.04 Å². The van der Waals surface area contributed by atoms with Crippen molar-refractivity contribution < 1.29 is 14.4 Å². The van der Waals surface area contributed by atoms with Crippen LogP contribution in [0.5, 0.6) is 0 Å². The fourth-order valence-electron chi connectivity index (χ4n) is 1.97. The summed E-state index contributed by atoms with van der Waals surface area (Å²) in [5.74, 6) is 0. The van der Waals surface area contributed by atoms with E-state index in [4.69, 9.17) is 9.57 Å². The topological polar surface area (TPSA) is 38.8 Å². The zero-order valence-electron chi connectivity index (χ0n) is 10.1. The monoisotopic (exact) mass is 225 g/mol. The number of hydroxylamine groups is 2. The van der Waals surface area contributed by atoms with Crippen molar-refractivity contribution in [2.75, 3.05) is 0 Å². The average Bonchev–Trinajstić information content (AvgIpc) is 2.48. The van der Waals surface area contributed by atoms with Gasteiger partial charge in [-0.1, -0.05) is 12.2 Å². The zero-order chi connectivity index (χ0) is 11.8. The Morgan fingerprint density at radius 3 is 2.81 bits per heavy atom. The molecule has 1 aliphatic carbocycles. The summed E-state index contributed by atoms with van der Waals surface area (Å²) >= 11 is 0. The summed E-state index contributed by atoms with van der Waals surface area (Å²) < 4.78 is 5.31. The van der Waals surface area contributed by atoms with Crippen molar-refractivity contribution in [3.63, 3.8) is 0 Å². The number of fused-ring (bicyclic) bond motifs is 3. The minimum atomic E-state index is -0.476. The molecule has 0 aromatic carbocycles. The summed E-state index contributed by atoms with van der Waals surface area (Å²) in [6.45, 7) is 5.57. The van der Waals surface area contributed by atoms with Gasteiger partial charge in [-0.15, -0.1) is 0 Å². The Bertz CT molecular complexity index is 306. The third-order valence-electron chi connectivity index (χ3n) is 2.66. The van der Waals surface area contributed by atoms with Gasteiger partial charge in [-0.25, -0.2) is 4.79 Å². The SMILES string of the molecule is CC(C)(C)OC(=O)N1O[C@H]2C=C[C@@H]1CCC2. The highest BCUT2D eigenvalue weighted by Crippen LogP contribution is 2.27. The van der Waals surface area contributed by atoms with Crippen molar-refractivity contribution >= 4 is 6.09 Å². The number of nitrogens with zero attached hydrogens (tertiary/aromatic N) is 1. The number of hydrogen-bond acceptors (Lipinski definition) is 3. The maximum Gasteiger partial charge on any atom is 0.435 e. The van der Waals surface area contributed by atoms with Crippen LogP contribution in [-0.4, -0.2) is 28.9 Å². The lowest BCUT2D eigenvalue weighted by Gasteiger charge is -2.33. The Morgan fingerprint density at radius 2 is 2.12 bits per heavy atom. The summed E-state index contributed by atoms with van der Waals surface area (Å²) in [5.41, 5.74) is -0.476. The van der Waals surface area contributed by atoms with Crippen LogP contribution in [0.25, 0.3) is 0 Å². The molecule has 0 radical (unpaired) electrons. The van der Waals surface area contributed by atoms with E-state index in [1.807, 2.05) is 32.9 Å². The third-order valence-corrected chi connectivity index (χ3v) is 2.66. The molecule has 4 heteroatoms. The van der Waals surface area contributed by atoms with E-state index in [-0.39, 0.29) is 18.2 Å². The molecule has 1 saturated heterocycles. The maximum atomic E-state index is 11.9. The first-order valence-corrected chi connectivity index (χ1v) is 5.83. The van der Waals surface area contributed by atoms with E-state index < -0.39 is 5.60 Å². The average molecular weight is 225 g/mol. The number of rotatable bonds is 0. The molecule has 4 nitrogen and oxygen atoms in total. The van der Waals surface area contributed by atoms with E-state index in [2.05, 4.69) is 0 Å². The number of amides is 1. The van der Waals surface area contributed by atoms with Crippen LogP contribution < -0.4 is 0 Å². The summed E-state index contributed by atoms with van der Waals surface area (Å²) in [6, 6.07) is 0.0357. The van der Waals surface area contributed by atoms with Gasteiger partial charge in [0.1, 0.15) is 11.7 Å². The van der Waals surface area contributed by atoms with Gasteiger partial charge < -0.3 is 4.74 Å². The van der Waals surface area contributed by atoms with Crippen LogP contribution in [0.1, 0.15) is 40.0 Å². The molecule has 0 aromatic heterocycles. The van der Waals surface area contributed by atoms with Gasteiger partial charge in [0, 0.05) is 0 Å². The van der Waals surface area contributed by atoms with E-state index >= 15 is 0 Å². The van der Waals surface area contributed by atoms with E-state index in [0.29, 0.717) is 0 Å². The highest BCUT2D eigenvalue weighted by atomic mass is 16.7. The molecule has 0 aromatic rings. The van der Waals surface area contributed by atoms with Crippen molar-refractivity contribution in [3.05, 3.63) is 12.2 Å². The minimum Gasteiger partial charge on any atom is -0.442 e. The summed E-state index contributed by atoms with van der Waals surface area (Å²) in [5, 5.41) is 1.39. The fourth-order valence-corrected chi connectivity index (χ4v) is 1.97. The number of ether oxygens (including phenoxy) is 1. The smallest absolute Gasteiger partial charge is 0.435 e. The third kappa shape index (κ3) is 2.55. The highest BCUT2D eigenvalue weighted by molar-refractivity contribution is 5.67. The fraction of sp³-hybridized carbons (Fsp3) is 0.750. The van der Waals surface area contributed by atoms with Crippen LogP contribution >= 0.6 is 0 Å². The molecule has 3 rings (SSSR count). The lowest BCUT2D eigenvalue weighted by molar-refractivity contribution is -0.183. The van der Waals surface area contributed by atoms with Crippen LogP contribution in [-0.2, 0) is 9.57 Å². The van der Waals surface area contributed by atoms with Crippen molar-refractivity contribution in [2.45, 2.75) is 57.8 Å². The van der Waals surface area contributed by atoms with E-state index in [9.17, 15) is 4.79 Å². The van der Waals surface area contributed by atoms with Gasteiger partial charge in [0.2, 0.25) is 0 Å². The largest absolute Gasteiger partial charge is 0.442 e. The summed E-state index contributed by atoms with van der Waals surface area (Å²) in [4.78, 5) is 17.5. The standard InChI is InChI=1S/C12H19NO3/c1-12(2,3)15-11(14)13-9-5-4-6-10(16-13)8-7-9/h7-10H,4-6H2,1-3H3/t9-,10+/m0/s1. The lowest BCUT2D eigenvalue weighted by atomic mass is 10.1. The highest BCUT2D eigenvalue weighted by Gasteiger charge is 2.34. The van der Waals surface area contributed by atoms with Crippen LogP contribution in [0, 0.1) is 0 Å². The first-order chi connectivity index (χ1) is 7.46. The van der Waals surface area contributed by atoms with Crippen molar-refractivity contribution in [1.82, 2.24) is 5.06 Å². The molecule has 2 bridgehead atoms. The molecule has 2 aliphatic heterocycles. The van der Waals surface area contributed by atoms with Gasteiger partial charge in [-0.05, 0) is 40.0 Å². The van der Waals surface area contributed by atoms with Crippen molar-refractivity contribution in [2.24, 2.45) is 0 Å². The predicted molar refractivity (Wildman–Crippen MR) is 59.7 cm³/mol.